The van der Waals surface area contributed by atoms with Crippen molar-refractivity contribution in [3.8, 4) is 5.75 Å². The van der Waals surface area contributed by atoms with Gasteiger partial charge < -0.3 is 14.5 Å². The zero-order valence-electron chi connectivity index (χ0n) is 17.9. The Hall–Kier alpha value is -2.94. The molecule has 6 nitrogen and oxygen atoms in total. The number of carbonyl (C=O) groups is 1. The van der Waals surface area contributed by atoms with Gasteiger partial charge in [0.05, 0.1) is 0 Å². The molecule has 0 unspecified atom stereocenters. The van der Waals surface area contributed by atoms with Gasteiger partial charge in [0.15, 0.2) is 11.5 Å². The van der Waals surface area contributed by atoms with Crippen LogP contribution in [0, 0.1) is 6.92 Å². The summed E-state index contributed by atoms with van der Waals surface area (Å²) in [5, 5.41) is 7.06. The van der Waals surface area contributed by atoms with Crippen LogP contribution in [0.1, 0.15) is 58.4 Å². The van der Waals surface area contributed by atoms with Gasteiger partial charge in [-0.1, -0.05) is 11.6 Å². The van der Waals surface area contributed by atoms with E-state index in [4.69, 9.17) is 20.8 Å². The van der Waals surface area contributed by atoms with Crippen LogP contribution in [0.5, 0.6) is 5.75 Å². The van der Waals surface area contributed by atoms with Gasteiger partial charge in [0.2, 0.25) is 0 Å². The van der Waals surface area contributed by atoms with E-state index < -0.39 is 17.8 Å². The van der Waals surface area contributed by atoms with E-state index in [0.717, 1.165) is 24.5 Å². The Balaban J connectivity index is 1.25. The van der Waals surface area contributed by atoms with Gasteiger partial charge in [-0.2, -0.15) is 18.3 Å². The molecule has 1 aliphatic rings. The first-order valence-corrected chi connectivity index (χ1v) is 11.0. The number of hydrogen-bond acceptors (Lipinski definition) is 4. The third-order valence-corrected chi connectivity index (χ3v) is 5.56. The minimum Gasteiger partial charge on any atom is -0.485 e. The third kappa shape index (κ3) is 5.90. The summed E-state index contributed by atoms with van der Waals surface area (Å²) in [6.45, 7) is 2.60. The number of aryl methyl sites for hydroxylation is 2. The van der Waals surface area contributed by atoms with Crippen molar-refractivity contribution in [1.82, 2.24) is 15.1 Å². The smallest absolute Gasteiger partial charge is 0.435 e. The lowest BCUT2D eigenvalue weighted by molar-refractivity contribution is -0.141. The number of nitrogens with one attached hydrogen (secondary N) is 1. The topological polar surface area (TPSA) is 69.3 Å². The Bertz CT molecular complexity index is 1140. The van der Waals surface area contributed by atoms with Gasteiger partial charge in [0.1, 0.15) is 18.1 Å². The fraction of sp³-hybridized carbons (Fsp3) is 0.391. The Morgan fingerprint density at radius 2 is 2.06 bits per heavy atom. The average molecular weight is 482 g/mol. The van der Waals surface area contributed by atoms with Gasteiger partial charge in [-0.3, -0.25) is 9.48 Å². The Morgan fingerprint density at radius 1 is 1.27 bits per heavy atom. The summed E-state index contributed by atoms with van der Waals surface area (Å²) in [5.41, 5.74) is 0.629. The van der Waals surface area contributed by atoms with E-state index in [1.54, 1.807) is 30.3 Å². The second-order valence-corrected chi connectivity index (χ2v) is 8.46. The SMILES string of the molecule is Cc1cc(Cl)ccc1OCc1ccc(C(=O)NCCCn2nc(C(F)(F)F)cc2C2CC2)o1. The number of alkyl halides is 3. The van der Waals surface area contributed by atoms with Gasteiger partial charge in [-0.25, -0.2) is 0 Å². The van der Waals surface area contributed by atoms with E-state index in [0.29, 0.717) is 35.2 Å². The van der Waals surface area contributed by atoms with E-state index in [1.165, 1.54) is 4.68 Å². The first-order valence-electron chi connectivity index (χ1n) is 10.6. The molecule has 0 bridgehead atoms. The van der Waals surface area contributed by atoms with E-state index in [1.807, 2.05) is 6.92 Å². The molecule has 33 heavy (non-hydrogen) atoms. The van der Waals surface area contributed by atoms with Crippen molar-refractivity contribution < 1.29 is 27.1 Å². The highest BCUT2D eigenvalue weighted by atomic mass is 35.5. The van der Waals surface area contributed by atoms with Crippen molar-refractivity contribution in [3.63, 3.8) is 0 Å². The highest BCUT2D eigenvalue weighted by Crippen LogP contribution is 2.42. The Labute approximate surface area is 193 Å². The number of nitrogens with zero attached hydrogens (tertiary/aromatic N) is 2. The van der Waals surface area contributed by atoms with Crippen LogP contribution in [0.2, 0.25) is 5.02 Å². The van der Waals surface area contributed by atoms with Gasteiger partial charge in [0.25, 0.3) is 5.91 Å². The van der Waals surface area contributed by atoms with Crippen LogP contribution in [-0.4, -0.2) is 22.2 Å². The van der Waals surface area contributed by atoms with Crippen LogP contribution in [0.15, 0.2) is 40.8 Å². The maximum absolute atomic E-state index is 13.0. The lowest BCUT2D eigenvalue weighted by Crippen LogP contribution is -2.25. The normalized spacial score (nSPS) is 13.8. The summed E-state index contributed by atoms with van der Waals surface area (Å²) in [7, 11) is 0. The van der Waals surface area contributed by atoms with E-state index in [9.17, 15) is 18.0 Å². The number of amides is 1. The van der Waals surface area contributed by atoms with Crippen molar-refractivity contribution in [2.45, 2.75) is 51.4 Å². The van der Waals surface area contributed by atoms with Crippen molar-refractivity contribution in [2.24, 2.45) is 0 Å². The van der Waals surface area contributed by atoms with E-state index in [-0.39, 0.29) is 24.8 Å². The second kappa shape index (κ2) is 9.51. The number of hydrogen-bond donors (Lipinski definition) is 1. The molecule has 2 heterocycles. The number of aromatic nitrogens is 2. The molecule has 0 spiro atoms. The first kappa shape index (κ1) is 23.2. The van der Waals surface area contributed by atoms with E-state index >= 15 is 0 Å². The second-order valence-electron chi connectivity index (χ2n) is 8.02. The number of halogens is 4. The first-order chi connectivity index (χ1) is 15.7. The zero-order valence-corrected chi connectivity index (χ0v) is 18.7. The molecule has 1 aromatic carbocycles. The number of rotatable bonds is 9. The molecule has 0 saturated heterocycles. The minimum atomic E-state index is -4.46. The average Bonchev–Trinajstić information content (AvgIpc) is 3.31. The summed E-state index contributed by atoms with van der Waals surface area (Å²) in [6.07, 6.45) is -2.27. The molecule has 1 aliphatic carbocycles. The van der Waals surface area contributed by atoms with Crippen LogP contribution in [-0.2, 0) is 19.3 Å². The maximum atomic E-state index is 13.0. The third-order valence-electron chi connectivity index (χ3n) is 5.32. The van der Waals surface area contributed by atoms with Crippen LogP contribution >= 0.6 is 11.6 Å². The molecule has 1 fully saturated rings. The largest absolute Gasteiger partial charge is 0.485 e. The molecule has 176 valence electrons. The van der Waals surface area contributed by atoms with Crippen LogP contribution in [0.25, 0.3) is 0 Å². The predicted molar refractivity (Wildman–Crippen MR) is 115 cm³/mol. The quantitative estimate of drug-likeness (QED) is 0.396. The fourth-order valence-corrected chi connectivity index (χ4v) is 3.70. The van der Waals surface area contributed by atoms with Crippen LogP contribution in [0.4, 0.5) is 13.2 Å². The summed E-state index contributed by atoms with van der Waals surface area (Å²) in [6, 6.07) is 9.63. The van der Waals surface area contributed by atoms with Crippen molar-refractivity contribution in [3.05, 3.63) is 69.9 Å². The molecule has 1 saturated carbocycles. The fourth-order valence-electron chi connectivity index (χ4n) is 3.48. The van der Waals surface area contributed by atoms with Gasteiger partial charge in [0, 0.05) is 29.7 Å². The Morgan fingerprint density at radius 3 is 2.76 bits per heavy atom. The molecule has 0 atom stereocenters. The predicted octanol–water partition coefficient (Wildman–Crippen LogP) is 5.73. The number of ether oxygens (including phenoxy) is 1. The number of benzene rings is 1. The van der Waals surface area contributed by atoms with Gasteiger partial charge >= 0.3 is 6.18 Å². The van der Waals surface area contributed by atoms with Gasteiger partial charge in [-0.15, -0.1) is 0 Å². The summed E-state index contributed by atoms with van der Waals surface area (Å²) in [4.78, 5) is 12.3. The highest BCUT2D eigenvalue weighted by molar-refractivity contribution is 6.30. The lowest BCUT2D eigenvalue weighted by Gasteiger charge is -2.08. The lowest BCUT2D eigenvalue weighted by atomic mass is 10.2. The number of furan rings is 1. The van der Waals surface area contributed by atoms with Crippen LogP contribution in [0.3, 0.4) is 0 Å². The molecule has 4 rings (SSSR count). The molecule has 0 radical (unpaired) electrons. The molecule has 0 aliphatic heterocycles. The monoisotopic (exact) mass is 481 g/mol. The number of carbonyl (C=O) groups excluding carboxylic acids is 1. The van der Waals surface area contributed by atoms with Crippen molar-refractivity contribution in [2.75, 3.05) is 6.54 Å². The van der Waals surface area contributed by atoms with Crippen LogP contribution < -0.4 is 10.1 Å². The molecular formula is C23H23ClF3N3O3. The van der Waals surface area contributed by atoms with Crippen molar-refractivity contribution >= 4 is 17.5 Å². The Kier molecular flexibility index (Phi) is 6.69. The molecule has 10 heteroatoms. The summed E-state index contributed by atoms with van der Waals surface area (Å²) in [5.74, 6) is 1.03. The highest BCUT2D eigenvalue weighted by Gasteiger charge is 2.37. The minimum absolute atomic E-state index is 0.138. The molecular weight excluding hydrogens is 459 g/mol. The molecule has 3 aromatic rings. The van der Waals surface area contributed by atoms with E-state index in [2.05, 4.69) is 10.4 Å². The summed E-state index contributed by atoms with van der Waals surface area (Å²) < 4.78 is 51.6. The van der Waals surface area contributed by atoms with Crippen molar-refractivity contribution in [1.29, 1.82) is 0 Å². The molecule has 1 amide bonds. The molecule has 2 aromatic heterocycles. The zero-order chi connectivity index (χ0) is 23.6. The summed E-state index contributed by atoms with van der Waals surface area (Å²) >= 11 is 5.93. The van der Waals surface area contributed by atoms with Gasteiger partial charge in [-0.05, 0) is 68.1 Å². The maximum Gasteiger partial charge on any atom is 0.435 e. The standard InChI is InChI=1S/C23H23ClF3N3O3/c1-14-11-16(24)5-7-19(14)32-13-17-6-8-20(33-17)22(31)28-9-2-10-30-18(15-3-4-15)12-21(29-30)23(25,26)27/h5-8,11-12,15H,2-4,9-10,13H2,1H3,(H,28,31). The molecule has 1 N–H and O–H groups in total.